The van der Waals surface area contributed by atoms with Crippen molar-refractivity contribution >= 4 is 5.69 Å². The van der Waals surface area contributed by atoms with Gasteiger partial charge in [0.05, 0.1) is 5.69 Å². The molecule has 0 spiro atoms. The minimum atomic E-state index is 0.479. The van der Waals surface area contributed by atoms with Crippen molar-refractivity contribution in [2.24, 2.45) is 5.41 Å². The molecule has 0 amide bonds. The molecule has 0 saturated heterocycles. The van der Waals surface area contributed by atoms with E-state index in [2.05, 4.69) is 53.6 Å². The van der Waals surface area contributed by atoms with Crippen LogP contribution < -0.4 is 5.32 Å². The van der Waals surface area contributed by atoms with E-state index >= 15 is 0 Å². The molecule has 18 heavy (non-hydrogen) atoms. The molecule has 1 saturated carbocycles. The summed E-state index contributed by atoms with van der Waals surface area (Å²) < 4.78 is 1.91. The first-order chi connectivity index (χ1) is 8.67. The lowest BCUT2D eigenvalue weighted by Gasteiger charge is -2.22. The number of hydrogen-bond acceptors (Lipinski definition) is 3. The van der Waals surface area contributed by atoms with Crippen molar-refractivity contribution < 1.29 is 0 Å². The molecule has 1 heterocycles. The Balaban J connectivity index is 1.79. The maximum atomic E-state index is 3.83. The Hall–Kier alpha value is -1.84. The van der Waals surface area contributed by atoms with Crippen LogP contribution in [0.3, 0.4) is 0 Å². The second-order valence-electron chi connectivity index (χ2n) is 5.44. The SMILES string of the molecule is CC(Nc1cccc(-n2cnnc2)c1)C1(C)CC1. The molecule has 1 aromatic carbocycles. The molecule has 1 aromatic heterocycles. The third kappa shape index (κ3) is 2.10. The average molecular weight is 242 g/mol. The van der Waals surface area contributed by atoms with Crippen molar-refractivity contribution in [1.29, 1.82) is 0 Å². The molecule has 2 aromatic rings. The first-order valence-corrected chi connectivity index (χ1v) is 6.39. The standard InChI is InChI=1S/C14H18N4/c1-11(14(2)6-7-14)17-12-4-3-5-13(8-12)18-9-15-16-10-18/h3-5,8-11,17H,6-7H2,1-2H3. The van der Waals surface area contributed by atoms with Gasteiger partial charge in [-0.05, 0) is 43.4 Å². The normalized spacial score (nSPS) is 18.3. The molecule has 0 aliphatic heterocycles. The zero-order valence-electron chi connectivity index (χ0n) is 10.8. The lowest BCUT2D eigenvalue weighted by molar-refractivity contribution is 0.493. The van der Waals surface area contributed by atoms with Crippen molar-refractivity contribution in [1.82, 2.24) is 14.8 Å². The van der Waals surface area contributed by atoms with Crippen LogP contribution in [0.1, 0.15) is 26.7 Å². The van der Waals surface area contributed by atoms with Gasteiger partial charge >= 0.3 is 0 Å². The predicted octanol–water partition coefficient (Wildman–Crippen LogP) is 2.87. The van der Waals surface area contributed by atoms with Gasteiger partial charge in [0.15, 0.2) is 0 Å². The third-order valence-corrected chi connectivity index (χ3v) is 4.03. The first-order valence-electron chi connectivity index (χ1n) is 6.39. The van der Waals surface area contributed by atoms with Crippen LogP contribution in [0.15, 0.2) is 36.9 Å². The Morgan fingerprint density at radius 3 is 2.67 bits per heavy atom. The molecule has 0 bridgehead atoms. The van der Waals surface area contributed by atoms with Crippen LogP contribution in [0, 0.1) is 5.41 Å². The number of nitrogens with one attached hydrogen (secondary N) is 1. The molecule has 1 N–H and O–H groups in total. The molecular weight excluding hydrogens is 224 g/mol. The van der Waals surface area contributed by atoms with Crippen molar-refractivity contribution in [2.45, 2.75) is 32.7 Å². The molecule has 0 radical (unpaired) electrons. The van der Waals surface area contributed by atoms with Gasteiger partial charge in [-0.1, -0.05) is 13.0 Å². The van der Waals surface area contributed by atoms with Gasteiger partial charge in [0.1, 0.15) is 12.7 Å². The zero-order valence-corrected chi connectivity index (χ0v) is 10.8. The summed E-state index contributed by atoms with van der Waals surface area (Å²) >= 11 is 0. The molecule has 4 heteroatoms. The largest absolute Gasteiger partial charge is 0.382 e. The number of anilines is 1. The van der Waals surface area contributed by atoms with E-state index in [-0.39, 0.29) is 0 Å². The van der Waals surface area contributed by atoms with Gasteiger partial charge in [-0.15, -0.1) is 10.2 Å². The van der Waals surface area contributed by atoms with E-state index in [1.807, 2.05) is 4.57 Å². The van der Waals surface area contributed by atoms with Gasteiger partial charge in [-0.3, -0.25) is 4.57 Å². The van der Waals surface area contributed by atoms with Gasteiger partial charge in [0.2, 0.25) is 0 Å². The minimum Gasteiger partial charge on any atom is -0.382 e. The highest BCUT2D eigenvalue weighted by molar-refractivity contribution is 5.52. The van der Waals surface area contributed by atoms with Crippen molar-refractivity contribution in [3.8, 4) is 5.69 Å². The molecule has 3 rings (SSSR count). The van der Waals surface area contributed by atoms with Crippen LogP contribution in [0.5, 0.6) is 0 Å². The summed E-state index contributed by atoms with van der Waals surface area (Å²) in [4.78, 5) is 0. The second-order valence-corrected chi connectivity index (χ2v) is 5.44. The molecule has 94 valence electrons. The fraction of sp³-hybridized carbons (Fsp3) is 0.429. The number of nitrogens with zero attached hydrogens (tertiary/aromatic N) is 3. The molecule has 1 aliphatic carbocycles. The van der Waals surface area contributed by atoms with E-state index in [1.54, 1.807) is 12.7 Å². The van der Waals surface area contributed by atoms with Crippen LogP contribution >= 0.6 is 0 Å². The summed E-state index contributed by atoms with van der Waals surface area (Å²) in [7, 11) is 0. The van der Waals surface area contributed by atoms with Gasteiger partial charge in [0.25, 0.3) is 0 Å². The number of hydrogen-bond donors (Lipinski definition) is 1. The highest BCUT2D eigenvalue weighted by atomic mass is 15.2. The Bertz CT molecular complexity index is 528. The summed E-state index contributed by atoms with van der Waals surface area (Å²) in [5.41, 5.74) is 2.71. The molecular formula is C14H18N4. The van der Waals surface area contributed by atoms with E-state index in [9.17, 15) is 0 Å². The summed E-state index contributed by atoms with van der Waals surface area (Å²) in [5.74, 6) is 0. The average Bonchev–Trinajstić information content (AvgIpc) is 2.93. The van der Waals surface area contributed by atoms with E-state index in [1.165, 1.54) is 12.8 Å². The summed E-state index contributed by atoms with van der Waals surface area (Å²) in [6.07, 6.45) is 6.08. The summed E-state index contributed by atoms with van der Waals surface area (Å²) in [5, 5.41) is 11.3. The summed E-state index contributed by atoms with van der Waals surface area (Å²) in [6.45, 7) is 4.60. The van der Waals surface area contributed by atoms with Crippen LogP contribution in [-0.2, 0) is 0 Å². The lowest BCUT2D eigenvalue weighted by Crippen LogP contribution is -2.24. The second kappa shape index (κ2) is 4.12. The number of benzene rings is 1. The Morgan fingerprint density at radius 2 is 2.00 bits per heavy atom. The van der Waals surface area contributed by atoms with Gasteiger partial charge < -0.3 is 5.32 Å². The van der Waals surface area contributed by atoms with Crippen molar-refractivity contribution in [3.05, 3.63) is 36.9 Å². The van der Waals surface area contributed by atoms with Crippen LogP contribution in [0.4, 0.5) is 5.69 Å². The van der Waals surface area contributed by atoms with Gasteiger partial charge in [-0.25, -0.2) is 0 Å². The molecule has 4 nitrogen and oxygen atoms in total. The minimum absolute atomic E-state index is 0.479. The molecule has 1 atom stereocenters. The van der Waals surface area contributed by atoms with Crippen LogP contribution in [0.25, 0.3) is 5.69 Å². The molecule has 1 aliphatic rings. The highest BCUT2D eigenvalue weighted by Crippen LogP contribution is 2.48. The maximum Gasteiger partial charge on any atom is 0.123 e. The zero-order chi connectivity index (χ0) is 12.6. The smallest absolute Gasteiger partial charge is 0.123 e. The van der Waals surface area contributed by atoms with E-state index in [4.69, 9.17) is 0 Å². The quantitative estimate of drug-likeness (QED) is 0.896. The highest BCUT2D eigenvalue weighted by Gasteiger charge is 2.42. The maximum absolute atomic E-state index is 3.83. The van der Waals surface area contributed by atoms with Crippen molar-refractivity contribution in [3.63, 3.8) is 0 Å². The van der Waals surface area contributed by atoms with Gasteiger partial charge in [-0.2, -0.15) is 0 Å². The lowest BCUT2D eigenvalue weighted by atomic mass is 10.0. The van der Waals surface area contributed by atoms with Crippen LogP contribution in [0.2, 0.25) is 0 Å². The van der Waals surface area contributed by atoms with Crippen molar-refractivity contribution in [2.75, 3.05) is 5.32 Å². The Morgan fingerprint density at radius 1 is 1.28 bits per heavy atom. The monoisotopic (exact) mass is 242 g/mol. The fourth-order valence-electron chi connectivity index (χ4n) is 2.14. The van der Waals surface area contributed by atoms with E-state index < -0.39 is 0 Å². The van der Waals surface area contributed by atoms with Crippen LogP contribution in [-0.4, -0.2) is 20.8 Å². The molecule has 1 fully saturated rings. The van der Waals surface area contributed by atoms with Gasteiger partial charge in [0, 0.05) is 11.7 Å². The topological polar surface area (TPSA) is 42.7 Å². The number of aromatic nitrogens is 3. The number of rotatable bonds is 4. The Kier molecular flexibility index (Phi) is 2.58. The third-order valence-electron chi connectivity index (χ3n) is 4.03. The fourth-order valence-corrected chi connectivity index (χ4v) is 2.14. The molecule has 1 unspecified atom stereocenters. The summed E-state index contributed by atoms with van der Waals surface area (Å²) in [6, 6.07) is 8.85. The Labute approximate surface area is 107 Å². The first kappa shape index (κ1) is 11.3. The predicted molar refractivity (Wildman–Crippen MR) is 71.8 cm³/mol. The van der Waals surface area contributed by atoms with E-state index in [0.717, 1.165) is 11.4 Å². The van der Waals surface area contributed by atoms with E-state index in [0.29, 0.717) is 11.5 Å².